The van der Waals surface area contributed by atoms with Crippen molar-refractivity contribution in [1.29, 1.82) is 0 Å². The Morgan fingerprint density at radius 1 is 1.00 bits per heavy atom. The first kappa shape index (κ1) is 16.4. The van der Waals surface area contributed by atoms with Gasteiger partial charge in [-0.25, -0.2) is 0 Å². The molecule has 5 nitrogen and oxygen atoms in total. The molecule has 1 aliphatic carbocycles. The second-order valence-electron chi connectivity index (χ2n) is 6.49. The minimum atomic E-state index is -0.384. The van der Waals surface area contributed by atoms with Crippen LogP contribution in [0.25, 0.3) is 0 Å². The van der Waals surface area contributed by atoms with Crippen LogP contribution in [0.2, 0.25) is 0 Å². The summed E-state index contributed by atoms with van der Waals surface area (Å²) in [5.41, 5.74) is 6.93. The van der Waals surface area contributed by atoms with E-state index >= 15 is 0 Å². The summed E-state index contributed by atoms with van der Waals surface area (Å²) in [7, 11) is 0. The lowest BCUT2D eigenvalue weighted by atomic mass is 9.73. The highest BCUT2D eigenvalue weighted by atomic mass is 35.5. The van der Waals surface area contributed by atoms with E-state index in [9.17, 15) is 0 Å². The molecule has 6 heteroatoms. The van der Waals surface area contributed by atoms with Crippen LogP contribution in [-0.4, -0.2) is 23.4 Å². The van der Waals surface area contributed by atoms with Crippen molar-refractivity contribution in [3.05, 3.63) is 47.6 Å². The van der Waals surface area contributed by atoms with Gasteiger partial charge in [0.1, 0.15) is 0 Å². The van der Waals surface area contributed by atoms with Gasteiger partial charge >= 0.3 is 0 Å². The summed E-state index contributed by atoms with van der Waals surface area (Å²) in [6, 6.07) is 10.4. The second-order valence-corrected chi connectivity index (χ2v) is 6.49. The Morgan fingerprint density at radius 3 is 2.30 bits per heavy atom. The van der Waals surface area contributed by atoms with Crippen LogP contribution >= 0.6 is 12.4 Å². The number of aromatic nitrogens is 2. The first-order valence-corrected chi connectivity index (χ1v) is 8.00. The first-order valence-electron chi connectivity index (χ1n) is 8.00. The van der Waals surface area contributed by atoms with Crippen molar-refractivity contribution in [3.8, 4) is 0 Å². The molecule has 1 saturated heterocycles. The zero-order chi connectivity index (χ0) is 15.0. The standard InChI is InChI=1S/C17H21N3O2.ClH/c18-17(7-4-8-17)14-19-15(22-20-14)16(9-11-21-12-10-16)13-5-2-1-3-6-13;/h1-3,5-6H,4,7-12,18H2;1H. The van der Waals surface area contributed by atoms with Gasteiger partial charge in [-0.1, -0.05) is 35.5 Å². The molecule has 2 heterocycles. The van der Waals surface area contributed by atoms with E-state index < -0.39 is 0 Å². The number of hydrogen-bond donors (Lipinski definition) is 1. The zero-order valence-corrected chi connectivity index (χ0v) is 13.8. The summed E-state index contributed by atoms with van der Waals surface area (Å²) in [4.78, 5) is 4.72. The van der Waals surface area contributed by atoms with Crippen LogP contribution < -0.4 is 5.73 Å². The number of nitrogens with zero attached hydrogens (tertiary/aromatic N) is 2. The number of hydrogen-bond acceptors (Lipinski definition) is 5. The Balaban J connectivity index is 0.00000156. The van der Waals surface area contributed by atoms with Crippen molar-refractivity contribution in [2.45, 2.75) is 43.1 Å². The summed E-state index contributed by atoms with van der Waals surface area (Å²) in [6.07, 6.45) is 4.73. The number of halogens is 1. The molecule has 23 heavy (non-hydrogen) atoms. The molecule has 2 aromatic rings. The maximum atomic E-state index is 6.34. The molecule has 1 aromatic heterocycles. The van der Waals surface area contributed by atoms with Gasteiger partial charge in [0.2, 0.25) is 5.89 Å². The van der Waals surface area contributed by atoms with Crippen molar-refractivity contribution < 1.29 is 9.26 Å². The lowest BCUT2D eigenvalue weighted by Gasteiger charge is -2.35. The van der Waals surface area contributed by atoms with Crippen molar-refractivity contribution >= 4 is 12.4 Å². The molecule has 1 saturated carbocycles. The van der Waals surface area contributed by atoms with E-state index in [0.717, 1.165) is 32.1 Å². The molecular weight excluding hydrogens is 314 g/mol. The van der Waals surface area contributed by atoms with Crippen molar-refractivity contribution in [2.24, 2.45) is 5.73 Å². The molecule has 1 aromatic carbocycles. The molecule has 0 unspecified atom stereocenters. The minimum absolute atomic E-state index is 0. The van der Waals surface area contributed by atoms with E-state index in [1.807, 2.05) is 6.07 Å². The quantitative estimate of drug-likeness (QED) is 0.933. The molecule has 0 amide bonds. The third kappa shape index (κ3) is 2.67. The van der Waals surface area contributed by atoms with Crippen LogP contribution in [0.3, 0.4) is 0 Å². The maximum absolute atomic E-state index is 6.34. The molecule has 4 rings (SSSR count). The van der Waals surface area contributed by atoms with E-state index in [1.54, 1.807) is 0 Å². The fourth-order valence-corrected chi connectivity index (χ4v) is 3.50. The lowest BCUT2D eigenvalue weighted by molar-refractivity contribution is 0.0523. The maximum Gasteiger partial charge on any atom is 0.237 e. The van der Waals surface area contributed by atoms with E-state index in [1.165, 1.54) is 5.56 Å². The third-order valence-corrected chi connectivity index (χ3v) is 5.20. The minimum Gasteiger partial charge on any atom is -0.381 e. The van der Waals surface area contributed by atoms with Gasteiger partial charge in [0.05, 0.1) is 11.0 Å². The van der Waals surface area contributed by atoms with E-state index in [-0.39, 0.29) is 23.4 Å². The first-order chi connectivity index (χ1) is 10.7. The van der Waals surface area contributed by atoms with E-state index in [2.05, 4.69) is 29.4 Å². The Labute approximate surface area is 142 Å². The number of benzene rings is 1. The smallest absolute Gasteiger partial charge is 0.237 e. The molecule has 124 valence electrons. The summed E-state index contributed by atoms with van der Waals surface area (Å²) < 4.78 is 11.2. The highest BCUT2D eigenvalue weighted by molar-refractivity contribution is 5.85. The Morgan fingerprint density at radius 2 is 1.70 bits per heavy atom. The molecule has 2 fully saturated rings. The summed E-state index contributed by atoms with van der Waals surface area (Å²) in [5.74, 6) is 1.35. The van der Waals surface area contributed by atoms with Crippen LogP contribution in [0.4, 0.5) is 0 Å². The molecule has 0 radical (unpaired) electrons. The van der Waals surface area contributed by atoms with Crippen molar-refractivity contribution in [1.82, 2.24) is 10.1 Å². The predicted molar refractivity (Wildman–Crippen MR) is 88.5 cm³/mol. The number of ether oxygens (including phenoxy) is 1. The van der Waals surface area contributed by atoms with Gasteiger partial charge < -0.3 is 15.0 Å². The largest absolute Gasteiger partial charge is 0.381 e. The highest BCUT2D eigenvalue weighted by Gasteiger charge is 2.44. The topological polar surface area (TPSA) is 74.2 Å². The van der Waals surface area contributed by atoms with Gasteiger partial charge in [-0.2, -0.15) is 4.98 Å². The van der Waals surface area contributed by atoms with Gasteiger partial charge in [0.25, 0.3) is 0 Å². The molecule has 2 N–H and O–H groups in total. The molecule has 0 atom stereocenters. The fourth-order valence-electron chi connectivity index (χ4n) is 3.50. The Bertz CT molecular complexity index is 649. The van der Waals surface area contributed by atoms with Gasteiger partial charge in [0.15, 0.2) is 5.82 Å². The second kappa shape index (κ2) is 6.23. The van der Waals surface area contributed by atoms with E-state index in [0.29, 0.717) is 24.9 Å². The molecule has 2 aliphatic rings. The Kier molecular flexibility index (Phi) is 4.45. The lowest BCUT2D eigenvalue weighted by Crippen LogP contribution is -2.44. The zero-order valence-electron chi connectivity index (χ0n) is 13.0. The van der Waals surface area contributed by atoms with Gasteiger partial charge in [-0.05, 0) is 37.7 Å². The van der Waals surface area contributed by atoms with Crippen LogP contribution in [-0.2, 0) is 15.7 Å². The molecule has 0 spiro atoms. The fraction of sp³-hybridized carbons (Fsp3) is 0.529. The van der Waals surface area contributed by atoms with Crippen LogP contribution in [0.15, 0.2) is 34.9 Å². The summed E-state index contributed by atoms with van der Waals surface area (Å²) >= 11 is 0. The summed E-state index contributed by atoms with van der Waals surface area (Å²) in [6.45, 7) is 1.42. The average Bonchev–Trinajstić information content (AvgIpc) is 3.05. The van der Waals surface area contributed by atoms with Gasteiger partial charge in [-0.3, -0.25) is 0 Å². The van der Waals surface area contributed by atoms with Crippen LogP contribution in [0.1, 0.15) is 49.4 Å². The average molecular weight is 336 g/mol. The third-order valence-electron chi connectivity index (χ3n) is 5.20. The number of nitrogens with two attached hydrogens (primary N) is 1. The molecular formula is C17H22ClN3O2. The monoisotopic (exact) mass is 335 g/mol. The normalized spacial score (nSPS) is 22.0. The summed E-state index contributed by atoms with van der Waals surface area (Å²) in [5, 5.41) is 4.20. The van der Waals surface area contributed by atoms with Gasteiger partial charge in [-0.15, -0.1) is 12.4 Å². The van der Waals surface area contributed by atoms with Crippen LogP contribution in [0.5, 0.6) is 0 Å². The highest BCUT2D eigenvalue weighted by Crippen LogP contribution is 2.42. The van der Waals surface area contributed by atoms with Gasteiger partial charge in [0, 0.05) is 13.2 Å². The SMILES string of the molecule is Cl.NC1(c2noc(C3(c4ccccc4)CCOCC3)n2)CCC1. The van der Waals surface area contributed by atoms with Crippen molar-refractivity contribution in [2.75, 3.05) is 13.2 Å². The van der Waals surface area contributed by atoms with Crippen molar-refractivity contribution in [3.63, 3.8) is 0 Å². The predicted octanol–water partition coefficient (Wildman–Crippen LogP) is 2.93. The van der Waals surface area contributed by atoms with E-state index in [4.69, 9.17) is 20.0 Å². The number of rotatable bonds is 3. The Hall–Kier alpha value is -1.43. The van der Waals surface area contributed by atoms with Crippen LogP contribution in [0, 0.1) is 0 Å². The molecule has 1 aliphatic heterocycles. The molecule has 0 bridgehead atoms.